The van der Waals surface area contributed by atoms with Crippen LogP contribution in [-0.4, -0.2) is 12.5 Å². The first-order valence-corrected chi connectivity index (χ1v) is 4.92. The van der Waals surface area contributed by atoms with Crippen LogP contribution in [-0.2, 0) is 0 Å². The maximum absolute atomic E-state index is 12.5. The van der Waals surface area contributed by atoms with Crippen molar-refractivity contribution in [3.8, 4) is 11.8 Å². The van der Waals surface area contributed by atoms with Gasteiger partial charge in [0.1, 0.15) is 11.8 Å². The average Bonchev–Trinajstić information content (AvgIpc) is 2.14. The van der Waals surface area contributed by atoms with E-state index < -0.39 is 12.5 Å². The minimum Gasteiger partial charge on any atom is -0.486 e. The lowest BCUT2D eigenvalue weighted by Crippen LogP contribution is -2.21. The lowest BCUT2D eigenvalue weighted by Gasteiger charge is -2.12. The number of benzene rings is 1. The predicted octanol–water partition coefficient (Wildman–Crippen LogP) is 3.35. The monoisotopic (exact) mass is 275 g/mol. The maximum Gasteiger partial charge on any atom is 0.278 e. The molecule has 1 aromatic rings. The van der Waals surface area contributed by atoms with Crippen LogP contribution in [0.4, 0.5) is 8.78 Å². The van der Waals surface area contributed by atoms with Gasteiger partial charge >= 0.3 is 0 Å². The summed E-state index contributed by atoms with van der Waals surface area (Å²) in [6, 6.07) is 6.50. The van der Waals surface area contributed by atoms with Gasteiger partial charge in [-0.25, -0.2) is 8.78 Å². The number of rotatable bonds is 3. The zero-order valence-electron chi connectivity index (χ0n) is 7.93. The molecule has 0 bridgehead atoms. The smallest absolute Gasteiger partial charge is 0.278 e. The van der Waals surface area contributed by atoms with Gasteiger partial charge in [0.05, 0.1) is 5.56 Å². The third kappa shape index (κ3) is 3.84. The first kappa shape index (κ1) is 11.9. The van der Waals surface area contributed by atoms with Crippen molar-refractivity contribution >= 4 is 15.9 Å². The molecule has 2 nitrogen and oxygen atoms in total. The highest BCUT2D eigenvalue weighted by Crippen LogP contribution is 2.24. The van der Waals surface area contributed by atoms with E-state index in [1.807, 2.05) is 6.07 Å². The molecule has 0 aliphatic carbocycles. The second kappa shape index (κ2) is 4.58. The third-order valence-corrected chi connectivity index (χ3v) is 2.04. The van der Waals surface area contributed by atoms with Crippen LogP contribution in [0.1, 0.15) is 12.5 Å². The van der Waals surface area contributed by atoms with E-state index in [1.165, 1.54) is 12.1 Å². The van der Waals surface area contributed by atoms with Gasteiger partial charge in [0.15, 0.2) is 6.61 Å². The number of hydrogen-bond donors (Lipinski definition) is 0. The van der Waals surface area contributed by atoms with E-state index in [1.54, 1.807) is 6.07 Å². The summed E-state index contributed by atoms with van der Waals surface area (Å²) in [6.07, 6.45) is 0. The molecule has 0 heterocycles. The Labute approximate surface area is 94.6 Å². The number of alkyl halides is 2. The topological polar surface area (TPSA) is 33.0 Å². The first-order chi connectivity index (χ1) is 6.92. The van der Waals surface area contributed by atoms with E-state index in [9.17, 15) is 8.78 Å². The normalized spacial score (nSPS) is 10.9. The molecule has 0 spiro atoms. The summed E-state index contributed by atoms with van der Waals surface area (Å²) < 4.78 is 30.6. The summed E-state index contributed by atoms with van der Waals surface area (Å²) in [5, 5.41) is 8.73. The molecular formula is C10H8BrF2NO. The van der Waals surface area contributed by atoms with E-state index in [2.05, 4.69) is 15.9 Å². The zero-order valence-corrected chi connectivity index (χ0v) is 9.51. The highest BCUT2D eigenvalue weighted by Gasteiger charge is 2.22. The van der Waals surface area contributed by atoms with E-state index in [0.717, 1.165) is 6.92 Å². The lowest BCUT2D eigenvalue weighted by atomic mass is 10.2. The molecule has 0 unspecified atom stereocenters. The van der Waals surface area contributed by atoms with Crippen molar-refractivity contribution in [3.63, 3.8) is 0 Å². The average molecular weight is 276 g/mol. The number of halogens is 3. The van der Waals surface area contributed by atoms with Gasteiger partial charge in [-0.05, 0) is 18.2 Å². The van der Waals surface area contributed by atoms with Gasteiger partial charge in [-0.2, -0.15) is 5.26 Å². The van der Waals surface area contributed by atoms with E-state index in [-0.39, 0.29) is 11.3 Å². The van der Waals surface area contributed by atoms with Crippen LogP contribution >= 0.6 is 15.9 Å². The highest BCUT2D eigenvalue weighted by molar-refractivity contribution is 9.10. The number of nitrogens with zero attached hydrogens (tertiary/aromatic N) is 1. The van der Waals surface area contributed by atoms with Crippen molar-refractivity contribution in [1.82, 2.24) is 0 Å². The second-order valence-electron chi connectivity index (χ2n) is 3.11. The molecule has 0 N–H and O–H groups in total. The molecule has 0 saturated heterocycles. The van der Waals surface area contributed by atoms with Gasteiger partial charge in [0.2, 0.25) is 0 Å². The van der Waals surface area contributed by atoms with Crippen molar-refractivity contribution in [3.05, 3.63) is 28.2 Å². The van der Waals surface area contributed by atoms with Crippen LogP contribution in [0.25, 0.3) is 0 Å². The molecule has 1 aromatic carbocycles. The summed E-state index contributed by atoms with van der Waals surface area (Å²) in [6.45, 7) is 0.0290. The molecule has 0 amide bonds. The Kier molecular flexibility index (Phi) is 3.64. The molecule has 80 valence electrons. The van der Waals surface area contributed by atoms with Crippen molar-refractivity contribution < 1.29 is 13.5 Å². The van der Waals surface area contributed by atoms with Gasteiger partial charge in [0, 0.05) is 11.4 Å². The molecule has 0 aromatic heterocycles. The van der Waals surface area contributed by atoms with Crippen LogP contribution < -0.4 is 4.74 Å². The SMILES string of the molecule is CC(F)(F)COc1ccc(Br)cc1C#N. The van der Waals surface area contributed by atoms with Crippen LogP contribution in [0.3, 0.4) is 0 Å². The summed E-state index contributed by atoms with van der Waals surface area (Å²) >= 11 is 3.17. The minimum absolute atomic E-state index is 0.169. The first-order valence-electron chi connectivity index (χ1n) is 4.12. The van der Waals surface area contributed by atoms with Crippen molar-refractivity contribution in [2.24, 2.45) is 0 Å². The predicted molar refractivity (Wildman–Crippen MR) is 55.0 cm³/mol. The zero-order chi connectivity index (χ0) is 11.5. The Morgan fingerprint density at radius 2 is 2.20 bits per heavy atom. The molecule has 0 fully saturated rings. The Balaban J connectivity index is 2.82. The number of ether oxygens (including phenoxy) is 1. The Morgan fingerprint density at radius 1 is 1.53 bits per heavy atom. The summed E-state index contributed by atoms with van der Waals surface area (Å²) in [5.41, 5.74) is 0.230. The Bertz CT molecular complexity index is 395. The van der Waals surface area contributed by atoms with Crippen molar-refractivity contribution in [1.29, 1.82) is 5.26 Å². The third-order valence-electron chi connectivity index (χ3n) is 1.54. The van der Waals surface area contributed by atoms with Crippen molar-refractivity contribution in [2.45, 2.75) is 12.8 Å². The molecule has 0 aliphatic rings. The fourth-order valence-corrected chi connectivity index (χ4v) is 1.28. The van der Waals surface area contributed by atoms with E-state index in [0.29, 0.717) is 4.47 Å². The Morgan fingerprint density at radius 3 is 2.73 bits per heavy atom. The van der Waals surface area contributed by atoms with Crippen LogP contribution in [0.2, 0.25) is 0 Å². The summed E-state index contributed by atoms with van der Waals surface area (Å²) in [4.78, 5) is 0. The quantitative estimate of drug-likeness (QED) is 0.848. The van der Waals surface area contributed by atoms with E-state index in [4.69, 9.17) is 10.00 Å². The molecule has 0 atom stereocenters. The second-order valence-corrected chi connectivity index (χ2v) is 4.03. The van der Waals surface area contributed by atoms with Gasteiger partial charge in [-0.3, -0.25) is 0 Å². The van der Waals surface area contributed by atoms with Crippen LogP contribution in [0, 0.1) is 11.3 Å². The summed E-state index contributed by atoms with van der Waals surface area (Å²) in [5.74, 6) is -2.73. The van der Waals surface area contributed by atoms with Crippen molar-refractivity contribution in [2.75, 3.05) is 6.61 Å². The van der Waals surface area contributed by atoms with E-state index >= 15 is 0 Å². The molecule has 5 heteroatoms. The fraction of sp³-hybridized carbons (Fsp3) is 0.300. The van der Waals surface area contributed by atoms with Gasteiger partial charge < -0.3 is 4.74 Å². The molecule has 15 heavy (non-hydrogen) atoms. The fourth-order valence-electron chi connectivity index (χ4n) is 0.920. The maximum atomic E-state index is 12.5. The minimum atomic E-state index is -2.90. The van der Waals surface area contributed by atoms with Gasteiger partial charge in [-0.1, -0.05) is 15.9 Å². The molecule has 0 aliphatic heterocycles. The molecule has 1 rings (SSSR count). The number of hydrogen-bond acceptors (Lipinski definition) is 2. The largest absolute Gasteiger partial charge is 0.486 e. The lowest BCUT2D eigenvalue weighted by molar-refractivity contribution is -0.0230. The summed E-state index contributed by atoms with van der Waals surface area (Å²) in [7, 11) is 0. The van der Waals surface area contributed by atoms with Gasteiger partial charge in [-0.15, -0.1) is 0 Å². The molecule has 0 radical (unpaired) electrons. The van der Waals surface area contributed by atoms with Gasteiger partial charge in [0.25, 0.3) is 5.92 Å². The Hall–Kier alpha value is -1.15. The molecule has 0 saturated carbocycles. The number of nitriles is 1. The van der Waals surface area contributed by atoms with Crippen LogP contribution in [0.15, 0.2) is 22.7 Å². The van der Waals surface area contributed by atoms with Crippen LogP contribution in [0.5, 0.6) is 5.75 Å². The highest BCUT2D eigenvalue weighted by atomic mass is 79.9. The molecular weight excluding hydrogens is 268 g/mol. The standard InChI is InChI=1S/C10H8BrF2NO/c1-10(12,13)6-15-9-3-2-8(11)4-7(9)5-14/h2-4H,6H2,1H3.